The van der Waals surface area contributed by atoms with Crippen molar-refractivity contribution in [3.05, 3.63) is 29.8 Å². The molecule has 0 radical (unpaired) electrons. The van der Waals surface area contributed by atoms with Crippen LogP contribution < -0.4 is 5.32 Å². The van der Waals surface area contributed by atoms with Crippen LogP contribution in [0.2, 0.25) is 0 Å². The summed E-state index contributed by atoms with van der Waals surface area (Å²) in [6, 6.07) is 7.05. The molecule has 1 atom stereocenters. The second kappa shape index (κ2) is 7.06. The van der Waals surface area contributed by atoms with Gasteiger partial charge in [-0.05, 0) is 25.5 Å². The number of carboxylic acids is 1. The molecule has 1 rings (SSSR count). The van der Waals surface area contributed by atoms with E-state index in [2.05, 4.69) is 5.32 Å². The Balaban J connectivity index is 2.41. The van der Waals surface area contributed by atoms with E-state index in [0.717, 1.165) is 4.90 Å². The van der Waals surface area contributed by atoms with Gasteiger partial charge in [-0.1, -0.05) is 24.6 Å². The molecule has 2 N–H and O–H groups in total. The third-order valence-corrected chi connectivity index (χ3v) is 3.44. The third-order valence-electron chi connectivity index (χ3n) is 2.43. The van der Waals surface area contributed by atoms with E-state index in [0.29, 0.717) is 6.42 Å². The molecule has 0 aromatic heterocycles. The lowest BCUT2D eigenvalue weighted by Gasteiger charge is -2.11. The summed E-state index contributed by atoms with van der Waals surface area (Å²) in [7, 11) is 0. The van der Waals surface area contributed by atoms with E-state index in [1.54, 1.807) is 6.92 Å². The Hall–Kier alpha value is -1.49. The number of hydrogen-bond donors (Lipinski definition) is 2. The number of benzene rings is 1. The number of amides is 1. The highest BCUT2D eigenvalue weighted by atomic mass is 32.2. The number of carbonyl (C=O) groups excluding carboxylic acids is 1. The number of aliphatic carboxylic acids is 1. The second-order valence-electron chi connectivity index (χ2n) is 3.97. The SMILES string of the molecule is CC[C@H](NC(=O)CSc1ccc(C)cc1)C(=O)O. The number of carboxylic acid groups (broad SMARTS) is 1. The first-order valence-electron chi connectivity index (χ1n) is 5.74. The number of thioether (sulfide) groups is 1. The number of hydrogen-bond acceptors (Lipinski definition) is 3. The van der Waals surface area contributed by atoms with Crippen molar-refractivity contribution < 1.29 is 14.7 Å². The van der Waals surface area contributed by atoms with Gasteiger partial charge in [-0.3, -0.25) is 4.79 Å². The molecule has 5 heteroatoms. The van der Waals surface area contributed by atoms with Crippen LogP contribution in [0.15, 0.2) is 29.2 Å². The number of rotatable bonds is 6. The van der Waals surface area contributed by atoms with Crippen LogP contribution in [0.5, 0.6) is 0 Å². The first kappa shape index (κ1) is 14.6. The van der Waals surface area contributed by atoms with Crippen molar-refractivity contribution in [2.45, 2.75) is 31.2 Å². The molecule has 0 aliphatic rings. The first-order valence-corrected chi connectivity index (χ1v) is 6.73. The largest absolute Gasteiger partial charge is 0.480 e. The van der Waals surface area contributed by atoms with Gasteiger partial charge in [-0.15, -0.1) is 11.8 Å². The van der Waals surface area contributed by atoms with Gasteiger partial charge in [0.1, 0.15) is 6.04 Å². The van der Waals surface area contributed by atoms with Crippen molar-refractivity contribution in [2.24, 2.45) is 0 Å². The predicted molar refractivity (Wildman–Crippen MR) is 71.8 cm³/mol. The zero-order valence-electron chi connectivity index (χ0n) is 10.5. The number of aryl methyl sites for hydroxylation is 1. The van der Waals surface area contributed by atoms with E-state index in [-0.39, 0.29) is 11.7 Å². The van der Waals surface area contributed by atoms with Crippen molar-refractivity contribution in [2.75, 3.05) is 5.75 Å². The summed E-state index contributed by atoms with van der Waals surface area (Å²) >= 11 is 1.40. The molecule has 0 bridgehead atoms. The summed E-state index contributed by atoms with van der Waals surface area (Å²) in [5.41, 5.74) is 1.17. The highest BCUT2D eigenvalue weighted by Gasteiger charge is 2.17. The summed E-state index contributed by atoms with van der Waals surface area (Å²) in [6.45, 7) is 3.73. The summed E-state index contributed by atoms with van der Waals surface area (Å²) in [6.07, 6.45) is 0.385. The van der Waals surface area contributed by atoms with Crippen molar-refractivity contribution in [1.82, 2.24) is 5.32 Å². The Morgan fingerprint density at radius 1 is 1.33 bits per heavy atom. The standard InChI is InChI=1S/C13H17NO3S/c1-3-11(13(16)17)14-12(15)8-18-10-6-4-9(2)5-7-10/h4-7,11H,3,8H2,1-2H3,(H,14,15)(H,16,17)/t11-/m0/s1. The topological polar surface area (TPSA) is 66.4 Å². The molecule has 18 heavy (non-hydrogen) atoms. The molecule has 98 valence electrons. The molecular formula is C13H17NO3S. The van der Waals surface area contributed by atoms with Gasteiger partial charge in [0, 0.05) is 4.90 Å². The highest BCUT2D eigenvalue weighted by Crippen LogP contribution is 2.17. The van der Waals surface area contributed by atoms with Crippen LogP contribution in [-0.2, 0) is 9.59 Å². The molecule has 0 aliphatic carbocycles. The fourth-order valence-corrected chi connectivity index (χ4v) is 2.07. The van der Waals surface area contributed by atoms with Crippen molar-refractivity contribution in [3.63, 3.8) is 0 Å². The van der Waals surface area contributed by atoms with E-state index >= 15 is 0 Å². The maximum atomic E-state index is 11.6. The Kier molecular flexibility index (Phi) is 5.71. The zero-order chi connectivity index (χ0) is 13.5. The summed E-state index contributed by atoms with van der Waals surface area (Å²) in [5, 5.41) is 11.3. The van der Waals surface area contributed by atoms with Crippen LogP contribution in [0, 0.1) is 6.92 Å². The van der Waals surface area contributed by atoms with Crippen LogP contribution in [0.25, 0.3) is 0 Å². The Morgan fingerprint density at radius 3 is 2.44 bits per heavy atom. The fraction of sp³-hybridized carbons (Fsp3) is 0.385. The van der Waals surface area contributed by atoms with Gasteiger partial charge in [-0.25, -0.2) is 4.79 Å². The maximum absolute atomic E-state index is 11.6. The summed E-state index contributed by atoms with van der Waals surface area (Å²) in [5.74, 6) is -1.02. The van der Waals surface area contributed by atoms with Crippen LogP contribution in [0.1, 0.15) is 18.9 Å². The molecule has 0 saturated carbocycles. The molecule has 0 unspecified atom stereocenters. The average molecular weight is 267 g/mol. The predicted octanol–water partition coefficient (Wildman–Crippen LogP) is 2.07. The van der Waals surface area contributed by atoms with E-state index < -0.39 is 12.0 Å². The van der Waals surface area contributed by atoms with Gasteiger partial charge in [0.2, 0.25) is 5.91 Å². The Morgan fingerprint density at radius 2 is 1.94 bits per heavy atom. The molecule has 0 aliphatic heterocycles. The van der Waals surface area contributed by atoms with Crippen LogP contribution in [0.4, 0.5) is 0 Å². The monoisotopic (exact) mass is 267 g/mol. The lowest BCUT2D eigenvalue weighted by atomic mass is 10.2. The Bertz CT molecular complexity index is 417. The van der Waals surface area contributed by atoms with Gasteiger partial charge in [0.05, 0.1) is 5.75 Å². The average Bonchev–Trinajstić information content (AvgIpc) is 2.35. The summed E-state index contributed by atoms with van der Waals surface area (Å²) < 4.78 is 0. The highest BCUT2D eigenvalue weighted by molar-refractivity contribution is 8.00. The van der Waals surface area contributed by atoms with Gasteiger partial charge in [0.15, 0.2) is 0 Å². The van der Waals surface area contributed by atoms with Gasteiger partial charge in [-0.2, -0.15) is 0 Å². The van der Waals surface area contributed by atoms with Gasteiger partial charge < -0.3 is 10.4 Å². The fourth-order valence-electron chi connectivity index (χ4n) is 1.36. The van der Waals surface area contributed by atoms with E-state index in [9.17, 15) is 9.59 Å². The molecule has 0 heterocycles. The van der Waals surface area contributed by atoms with E-state index in [1.165, 1.54) is 17.3 Å². The third kappa shape index (κ3) is 4.79. The smallest absolute Gasteiger partial charge is 0.326 e. The van der Waals surface area contributed by atoms with Crippen LogP contribution >= 0.6 is 11.8 Å². The van der Waals surface area contributed by atoms with Crippen molar-refractivity contribution in [3.8, 4) is 0 Å². The van der Waals surface area contributed by atoms with Crippen molar-refractivity contribution >= 4 is 23.6 Å². The first-order chi connectivity index (χ1) is 8.52. The minimum absolute atomic E-state index is 0.229. The molecule has 4 nitrogen and oxygen atoms in total. The van der Waals surface area contributed by atoms with Gasteiger partial charge in [0.25, 0.3) is 0 Å². The second-order valence-corrected chi connectivity index (χ2v) is 5.02. The molecule has 1 aromatic rings. The number of carbonyl (C=O) groups is 2. The lowest BCUT2D eigenvalue weighted by molar-refractivity contribution is -0.141. The molecule has 0 saturated heterocycles. The van der Waals surface area contributed by atoms with Crippen LogP contribution in [0.3, 0.4) is 0 Å². The zero-order valence-corrected chi connectivity index (χ0v) is 11.3. The molecule has 1 aromatic carbocycles. The van der Waals surface area contributed by atoms with Crippen molar-refractivity contribution in [1.29, 1.82) is 0 Å². The minimum Gasteiger partial charge on any atom is -0.480 e. The lowest BCUT2D eigenvalue weighted by Crippen LogP contribution is -2.41. The molecule has 0 spiro atoms. The molecule has 0 fully saturated rings. The normalized spacial score (nSPS) is 11.9. The minimum atomic E-state index is -0.994. The summed E-state index contributed by atoms with van der Waals surface area (Å²) in [4.78, 5) is 23.3. The maximum Gasteiger partial charge on any atom is 0.326 e. The number of nitrogens with one attached hydrogen (secondary N) is 1. The van der Waals surface area contributed by atoms with E-state index in [1.807, 2.05) is 31.2 Å². The quantitative estimate of drug-likeness (QED) is 0.774. The molecule has 1 amide bonds. The Labute approximate surface area is 111 Å². The van der Waals surface area contributed by atoms with Crippen LogP contribution in [-0.4, -0.2) is 28.8 Å². The molecular weight excluding hydrogens is 250 g/mol. The van der Waals surface area contributed by atoms with Gasteiger partial charge >= 0.3 is 5.97 Å². The van der Waals surface area contributed by atoms with E-state index in [4.69, 9.17) is 5.11 Å².